The van der Waals surface area contributed by atoms with Crippen molar-refractivity contribution in [1.82, 2.24) is 0 Å². The molecule has 0 radical (unpaired) electrons. The van der Waals surface area contributed by atoms with E-state index in [1.54, 1.807) is 0 Å². The monoisotopic (exact) mass is 194 g/mol. The fraction of sp³-hybridized carbons (Fsp3) is 1.00. The van der Waals surface area contributed by atoms with Crippen LogP contribution in [0.1, 0.15) is 33.1 Å². The Kier molecular flexibility index (Phi) is 9.24. The summed E-state index contributed by atoms with van der Waals surface area (Å²) in [5.41, 5.74) is 0. The van der Waals surface area contributed by atoms with Gasteiger partial charge in [0.2, 0.25) is 0 Å². The Labute approximate surface area is 80.1 Å². The second kappa shape index (κ2) is 8.73. The van der Waals surface area contributed by atoms with Crippen LogP contribution in [0.25, 0.3) is 0 Å². The van der Waals surface area contributed by atoms with Crippen molar-refractivity contribution in [1.29, 1.82) is 0 Å². The zero-order valence-electron chi connectivity index (χ0n) is 7.61. The molecule has 0 spiro atoms. The molecular formula is C9H19ClS. The maximum Gasteiger partial charge on any atom is 0.0223 e. The van der Waals surface area contributed by atoms with Crippen molar-refractivity contribution in [3.8, 4) is 0 Å². The number of thioether (sulfide) groups is 1. The lowest BCUT2D eigenvalue weighted by Crippen LogP contribution is -1.92. The number of unbranched alkanes of at least 4 members (excludes halogenated alkanes) is 2. The summed E-state index contributed by atoms with van der Waals surface area (Å²) in [5.74, 6) is 4.29. The largest absolute Gasteiger partial charge is 0.162 e. The Hall–Kier alpha value is 0.640. The molecule has 68 valence electrons. The van der Waals surface area contributed by atoms with Gasteiger partial charge in [-0.3, -0.25) is 0 Å². The first-order valence-corrected chi connectivity index (χ1v) is 6.10. The van der Waals surface area contributed by atoms with Crippen molar-refractivity contribution in [3.05, 3.63) is 0 Å². The van der Waals surface area contributed by atoms with Crippen molar-refractivity contribution >= 4 is 23.4 Å². The highest BCUT2D eigenvalue weighted by Gasteiger charge is 1.93. The molecule has 2 heteroatoms. The molecule has 0 aliphatic carbocycles. The summed E-state index contributed by atoms with van der Waals surface area (Å²) >= 11 is 7.63. The van der Waals surface area contributed by atoms with Gasteiger partial charge in [-0.05, 0) is 30.3 Å². The van der Waals surface area contributed by atoms with Crippen LogP contribution in [0.15, 0.2) is 0 Å². The molecule has 0 amide bonds. The lowest BCUT2D eigenvalue weighted by atomic mass is 10.3. The van der Waals surface area contributed by atoms with Gasteiger partial charge in [0.15, 0.2) is 0 Å². The van der Waals surface area contributed by atoms with Crippen LogP contribution in [0.2, 0.25) is 0 Å². The first-order chi connectivity index (χ1) is 5.27. The van der Waals surface area contributed by atoms with Gasteiger partial charge in [0, 0.05) is 5.88 Å². The van der Waals surface area contributed by atoms with E-state index in [0.717, 1.165) is 11.8 Å². The summed E-state index contributed by atoms with van der Waals surface area (Å²) in [4.78, 5) is 0. The molecule has 0 unspecified atom stereocenters. The maximum atomic E-state index is 5.56. The van der Waals surface area contributed by atoms with E-state index in [4.69, 9.17) is 11.6 Å². The fourth-order valence-corrected chi connectivity index (χ4v) is 2.03. The van der Waals surface area contributed by atoms with E-state index >= 15 is 0 Å². The number of rotatable bonds is 7. The van der Waals surface area contributed by atoms with E-state index in [0.29, 0.717) is 0 Å². The third kappa shape index (κ3) is 10.6. The van der Waals surface area contributed by atoms with E-state index in [2.05, 4.69) is 25.6 Å². The first kappa shape index (κ1) is 11.6. The van der Waals surface area contributed by atoms with E-state index in [-0.39, 0.29) is 0 Å². The van der Waals surface area contributed by atoms with Crippen LogP contribution in [-0.2, 0) is 0 Å². The van der Waals surface area contributed by atoms with Crippen molar-refractivity contribution in [3.63, 3.8) is 0 Å². The Morgan fingerprint density at radius 2 is 1.91 bits per heavy atom. The van der Waals surface area contributed by atoms with E-state index in [1.807, 2.05) is 0 Å². The maximum absolute atomic E-state index is 5.56. The van der Waals surface area contributed by atoms with Crippen molar-refractivity contribution in [2.45, 2.75) is 33.1 Å². The molecule has 0 aromatic carbocycles. The number of hydrogen-bond acceptors (Lipinski definition) is 1. The Balaban J connectivity index is 2.80. The van der Waals surface area contributed by atoms with E-state index in [1.165, 1.54) is 30.8 Å². The third-order valence-electron chi connectivity index (χ3n) is 1.37. The topological polar surface area (TPSA) is 0 Å². The minimum absolute atomic E-state index is 0.828. The zero-order chi connectivity index (χ0) is 8.53. The van der Waals surface area contributed by atoms with Crippen LogP contribution in [0.4, 0.5) is 0 Å². The van der Waals surface area contributed by atoms with Gasteiger partial charge in [0.25, 0.3) is 0 Å². The van der Waals surface area contributed by atoms with Crippen LogP contribution in [0, 0.1) is 5.92 Å². The minimum atomic E-state index is 0.828. The first-order valence-electron chi connectivity index (χ1n) is 4.41. The van der Waals surface area contributed by atoms with E-state index in [9.17, 15) is 0 Å². The highest BCUT2D eigenvalue weighted by atomic mass is 35.5. The van der Waals surface area contributed by atoms with Gasteiger partial charge >= 0.3 is 0 Å². The van der Waals surface area contributed by atoms with Crippen LogP contribution in [0.3, 0.4) is 0 Å². The van der Waals surface area contributed by atoms with Crippen LogP contribution in [0.5, 0.6) is 0 Å². The van der Waals surface area contributed by atoms with Gasteiger partial charge in [-0.15, -0.1) is 11.6 Å². The lowest BCUT2D eigenvalue weighted by Gasteiger charge is -2.03. The summed E-state index contributed by atoms with van der Waals surface area (Å²) in [5, 5.41) is 0. The predicted molar refractivity (Wildman–Crippen MR) is 56.7 cm³/mol. The van der Waals surface area contributed by atoms with Gasteiger partial charge in [0.05, 0.1) is 0 Å². The highest BCUT2D eigenvalue weighted by Crippen LogP contribution is 2.10. The zero-order valence-corrected chi connectivity index (χ0v) is 9.18. The third-order valence-corrected chi connectivity index (χ3v) is 3.12. The van der Waals surface area contributed by atoms with Gasteiger partial charge in [-0.25, -0.2) is 0 Å². The molecule has 0 aromatic rings. The van der Waals surface area contributed by atoms with Gasteiger partial charge < -0.3 is 0 Å². The number of halogens is 1. The number of hydrogen-bond donors (Lipinski definition) is 0. The Bertz CT molecular complexity index is 74.0. The van der Waals surface area contributed by atoms with Crippen LogP contribution in [-0.4, -0.2) is 17.4 Å². The molecule has 0 aliphatic rings. The van der Waals surface area contributed by atoms with Gasteiger partial charge in [0.1, 0.15) is 0 Å². The number of alkyl halides is 1. The molecule has 0 saturated heterocycles. The molecule has 0 rings (SSSR count). The van der Waals surface area contributed by atoms with Crippen LogP contribution < -0.4 is 0 Å². The average Bonchev–Trinajstić information content (AvgIpc) is 1.96. The summed E-state index contributed by atoms with van der Waals surface area (Å²) in [6, 6.07) is 0. The van der Waals surface area contributed by atoms with Crippen molar-refractivity contribution in [2.75, 3.05) is 17.4 Å². The molecule has 0 aromatic heterocycles. The molecule has 0 atom stereocenters. The highest BCUT2D eigenvalue weighted by molar-refractivity contribution is 7.99. The SMILES string of the molecule is CC(C)CSCCCCCCl. The second-order valence-electron chi connectivity index (χ2n) is 3.22. The molecule has 0 bridgehead atoms. The lowest BCUT2D eigenvalue weighted by molar-refractivity contribution is 0.745. The normalized spacial score (nSPS) is 10.9. The fourth-order valence-electron chi connectivity index (χ4n) is 0.794. The molecule has 0 N–H and O–H groups in total. The summed E-state index contributed by atoms with van der Waals surface area (Å²) < 4.78 is 0. The smallest absolute Gasteiger partial charge is 0.0223 e. The quantitative estimate of drug-likeness (QED) is 0.439. The molecular weight excluding hydrogens is 176 g/mol. The minimum Gasteiger partial charge on any atom is -0.162 e. The van der Waals surface area contributed by atoms with Gasteiger partial charge in [-0.2, -0.15) is 11.8 Å². The second-order valence-corrected chi connectivity index (χ2v) is 4.75. The molecule has 0 fully saturated rings. The molecule has 0 aliphatic heterocycles. The summed E-state index contributed by atoms with van der Waals surface area (Å²) in [6.45, 7) is 4.54. The van der Waals surface area contributed by atoms with Crippen LogP contribution >= 0.6 is 23.4 Å². The predicted octanol–water partition coefficient (Wildman–Crippen LogP) is 3.78. The standard InChI is InChI=1S/C9H19ClS/c1-9(2)8-11-7-5-3-4-6-10/h9H,3-8H2,1-2H3. The molecule has 0 heterocycles. The van der Waals surface area contributed by atoms with Crippen molar-refractivity contribution in [2.24, 2.45) is 5.92 Å². The van der Waals surface area contributed by atoms with Gasteiger partial charge in [-0.1, -0.05) is 20.3 Å². The average molecular weight is 195 g/mol. The Morgan fingerprint density at radius 3 is 2.45 bits per heavy atom. The summed E-state index contributed by atoms with van der Waals surface area (Å²) in [7, 11) is 0. The Morgan fingerprint density at radius 1 is 1.18 bits per heavy atom. The van der Waals surface area contributed by atoms with E-state index < -0.39 is 0 Å². The van der Waals surface area contributed by atoms with Crippen molar-refractivity contribution < 1.29 is 0 Å². The molecule has 0 nitrogen and oxygen atoms in total. The molecule has 11 heavy (non-hydrogen) atoms. The summed E-state index contributed by atoms with van der Waals surface area (Å²) in [6.07, 6.45) is 3.82. The molecule has 0 saturated carbocycles.